The van der Waals surface area contributed by atoms with Gasteiger partial charge in [0.15, 0.2) is 0 Å². The van der Waals surface area contributed by atoms with Crippen molar-refractivity contribution >= 4 is 23.9 Å². The monoisotopic (exact) mass is 324 g/mol. The first-order chi connectivity index (χ1) is 10.7. The number of carbonyl (C=O) groups is 4. The van der Waals surface area contributed by atoms with Gasteiger partial charge in [0, 0.05) is 27.7 Å². The predicted octanol–water partition coefficient (Wildman–Crippen LogP) is 1.66. The van der Waals surface area contributed by atoms with Crippen LogP contribution < -0.4 is 9.47 Å². The molecule has 0 atom stereocenters. The van der Waals surface area contributed by atoms with Crippen LogP contribution in [-0.2, 0) is 28.7 Å². The van der Waals surface area contributed by atoms with Gasteiger partial charge in [-0.2, -0.15) is 0 Å². The number of esters is 4. The molecule has 1 aromatic carbocycles. The largest absolute Gasteiger partial charge is 0.427 e. The Hall–Kier alpha value is -2.90. The molecular weight excluding hydrogens is 308 g/mol. The molecule has 0 spiro atoms. The topological polar surface area (TPSA) is 105 Å². The Morgan fingerprint density at radius 1 is 0.783 bits per heavy atom. The maximum atomic E-state index is 11.2. The van der Waals surface area contributed by atoms with Gasteiger partial charge in [0.05, 0.1) is 5.56 Å². The Morgan fingerprint density at radius 2 is 1.30 bits per heavy atom. The highest BCUT2D eigenvalue weighted by atomic mass is 16.7. The van der Waals surface area contributed by atoms with E-state index in [1.165, 1.54) is 32.0 Å². The molecule has 0 aliphatic carbocycles. The third-order valence-corrected chi connectivity index (χ3v) is 2.30. The van der Waals surface area contributed by atoms with Crippen molar-refractivity contribution in [1.82, 2.24) is 0 Å². The molecule has 0 aliphatic rings. The van der Waals surface area contributed by atoms with Crippen LogP contribution in [0.25, 0.3) is 0 Å². The Bertz CT molecular complexity index is 618. The van der Waals surface area contributed by atoms with Crippen molar-refractivity contribution < 1.29 is 38.1 Å². The number of hydrogen-bond donors (Lipinski definition) is 0. The van der Waals surface area contributed by atoms with Gasteiger partial charge in [0.1, 0.15) is 11.5 Å². The van der Waals surface area contributed by atoms with Crippen molar-refractivity contribution in [1.29, 1.82) is 0 Å². The second-order valence-corrected chi connectivity index (χ2v) is 4.44. The zero-order valence-corrected chi connectivity index (χ0v) is 13.1. The number of benzene rings is 1. The van der Waals surface area contributed by atoms with Crippen LogP contribution in [0.5, 0.6) is 11.5 Å². The maximum absolute atomic E-state index is 11.2. The van der Waals surface area contributed by atoms with Crippen molar-refractivity contribution in [3.05, 3.63) is 23.8 Å². The van der Waals surface area contributed by atoms with Crippen molar-refractivity contribution in [3.63, 3.8) is 0 Å². The highest BCUT2D eigenvalue weighted by Gasteiger charge is 2.24. The number of rotatable bonds is 5. The molecule has 0 amide bonds. The Morgan fingerprint density at radius 3 is 1.74 bits per heavy atom. The van der Waals surface area contributed by atoms with E-state index in [9.17, 15) is 19.2 Å². The van der Waals surface area contributed by atoms with Gasteiger partial charge in [-0.25, -0.2) is 0 Å². The first-order valence-corrected chi connectivity index (χ1v) is 6.54. The van der Waals surface area contributed by atoms with E-state index in [0.717, 1.165) is 13.8 Å². The Kier molecular flexibility index (Phi) is 6.25. The van der Waals surface area contributed by atoms with E-state index >= 15 is 0 Å². The van der Waals surface area contributed by atoms with E-state index < -0.39 is 30.2 Å². The molecule has 0 saturated heterocycles. The summed E-state index contributed by atoms with van der Waals surface area (Å²) in [5, 5.41) is 0. The zero-order valence-electron chi connectivity index (χ0n) is 13.1. The highest BCUT2D eigenvalue weighted by molar-refractivity contribution is 5.72. The highest BCUT2D eigenvalue weighted by Crippen LogP contribution is 2.33. The van der Waals surface area contributed by atoms with Crippen LogP contribution in [0.15, 0.2) is 18.2 Å². The lowest BCUT2D eigenvalue weighted by Crippen LogP contribution is -2.17. The zero-order chi connectivity index (χ0) is 17.6. The van der Waals surface area contributed by atoms with Crippen LogP contribution in [0, 0.1) is 0 Å². The average Bonchev–Trinajstić information content (AvgIpc) is 2.37. The molecule has 0 unspecified atom stereocenters. The minimum atomic E-state index is -1.45. The molecule has 0 aromatic heterocycles. The van der Waals surface area contributed by atoms with Crippen LogP contribution in [0.1, 0.15) is 39.5 Å². The van der Waals surface area contributed by atoms with Gasteiger partial charge in [-0.05, 0) is 18.2 Å². The molecule has 0 radical (unpaired) electrons. The number of hydrogen-bond acceptors (Lipinski definition) is 8. The molecular formula is C15H16O8. The molecule has 0 N–H and O–H groups in total. The SMILES string of the molecule is CC(=O)Oc1ccc(OC(C)=O)c(C(OC(C)=O)OC(C)=O)c1. The van der Waals surface area contributed by atoms with Gasteiger partial charge in [-0.3, -0.25) is 19.2 Å². The van der Waals surface area contributed by atoms with Crippen LogP contribution in [0.3, 0.4) is 0 Å². The van der Waals surface area contributed by atoms with Crippen LogP contribution >= 0.6 is 0 Å². The molecule has 0 saturated carbocycles. The maximum Gasteiger partial charge on any atom is 0.308 e. The van der Waals surface area contributed by atoms with Crippen molar-refractivity contribution in [2.75, 3.05) is 0 Å². The van der Waals surface area contributed by atoms with Gasteiger partial charge < -0.3 is 18.9 Å². The minimum Gasteiger partial charge on any atom is -0.427 e. The summed E-state index contributed by atoms with van der Waals surface area (Å²) in [4.78, 5) is 44.6. The van der Waals surface area contributed by atoms with Gasteiger partial charge >= 0.3 is 23.9 Å². The summed E-state index contributed by atoms with van der Waals surface area (Å²) in [5.74, 6) is -2.54. The second-order valence-electron chi connectivity index (χ2n) is 4.44. The summed E-state index contributed by atoms with van der Waals surface area (Å²) in [6.07, 6.45) is -1.45. The van der Waals surface area contributed by atoms with Crippen LogP contribution in [0.4, 0.5) is 0 Å². The summed E-state index contributed by atoms with van der Waals surface area (Å²) in [6, 6.07) is 3.98. The minimum absolute atomic E-state index is 0.000835. The molecule has 0 fully saturated rings. The summed E-state index contributed by atoms with van der Waals surface area (Å²) in [6.45, 7) is 4.63. The van der Waals surface area contributed by atoms with Crippen molar-refractivity contribution in [2.24, 2.45) is 0 Å². The smallest absolute Gasteiger partial charge is 0.308 e. The number of ether oxygens (including phenoxy) is 4. The summed E-state index contributed by atoms with van der Waals surface area (Å²) in [7, 11) is 0. The normalized spacial score (nSPS) is 9.96. The molecule has 8 heteroatoms. The third kappa shape index (κ3) is 6.16. The molecule has 23 heavy (non-hydrogen) atoms. The van der Waals surface area contributed by atoms with E-state index in [1.807, 2.05) is 0 Å². The van der Waals surface area contributed by atoms with Crippen molar-refractivity contribution in [3.8, 4) is 11.5 Å². The van der Waals surface area contributed by atoms with E-state index in [-0.39, 0.29) is 17.1 Å². The lowest BCUT2D eigenvalue weighted by molar-refractivity contribution is -0.186. The predicted molar refractivity (Wildman–Crippen MR) is 75.3 cm³/mol. The molecule has 1 aromatic rings. The van der Waals surface area contributed by atoms with Gasteiger partial charge in [-0.15, -0.1) is 0 Å². The standard InChI is InChI=1S/C15H16O8/c1-8(16)20-12-5-6-14(21-9(2)17)13(7-12)15(22-10(3)18)23-11(4)19/h5-7,15H,1-4H3. The van der Waals surface area contributed by atoms with E-state index in [1.54, 1.807) is 0 Å². The molecule has 0 heterocycles. The summed E-state index contributed by atoms with van der Waals surface area (Å²) in [5.41, 5.74) is 0.0457. The lowest BCUT2D eigenvalue weighted by Gasteiger charge is -2.19. The van der Waals surface area contributed by atoms with E-state index in [2.05, 4.69) is 0 Å². The Balaban J connectivity index is 3.31. The van der Waals surface area contributed by atoms with Crippen LogP contribution in [0.2, 0.25) is 0 Å². The fraction of sp³-hybridized carbons (Fsp3) is 0.333. The first kappa shape index (κ1) is 18.1. The third-order valence-electron chi connectivity index (χ3n) is 2.30. The van der Waals surface area contributed by atoms with E-state index in [0.29, 0.717) is 0 Å². The van der Waals surface area contributed by atoms with E-state index in [4.69, 9.17) is 18.9 Å². The summed E-state index contributed by atoms with van der Waals surface area (Å²) < 4.78 is 19.7. The lowest BCUT2D eigenvalue weighted by atomic mass is 10.1. The molecule has 1 rings (SSSR count). The molecule has 8 nitrogen and oxygen atoms in total. The average molecular weight is 324 g/mol. The fourth-order valence-corrected chi connectivity index (χ4v) is 1.64. The van der Waals surface area contributed by atoms with Gasteiger partial charge in [0.2, 0.25) is 0 Å². The molecule has 124 valence electrons. The molecule has 0 bridgehead atoms. The molecule has 0 aliphatic heterocycles. The fourth-order valence-electron chi connectivity index (χ4n) is 1.64. The quantitative estimate of drug-likeness (QED) is 0.457. The number of carbonyl (C=O) groups excluding carboxylic acids is 4. The van der Waals surface area contributed by atoms with Gasteiger partial charge in [0.25, 0.3) is 6.29 Å². The second kappa shape index (κ2) is 7.92. The van der Waals surface area contributed by atoms with Crippen molar-refractivity contribution in [2.45, 2.75) is 34.0 Å². The summed E-state index contributed by atoms with van der Waals surface area (Å²) >= 11 is 0. The Labute approximate surface area is 132 Å². The van der Waals surface area contributed by atoms with Crippen LogP contribution in [-0.4, -0.2) is 23.9 Å². The van der Waals surface area contributed by atoms with Gasteiger partial charge in [-0.1, -0.05) is 0 Å². The first-order valence-electron chi connectivity index (χ1n) is 6.54.